The predicted octanol–water partition coefficient (Wildman–Crippen LogP) is 1.30. The molecule has 0 bridgehead atoms. The topological polar surface area (TPSA) is 73.5 Å². The summed E-state index contributed by atoms with van der Waals surface area (Å²) < 4.78 is 7.02. The zero-order valence-electron chi connectivity index (χ0n) is 8.47. The van der Waals surface area contributed by atoms with Crippen LogP contribution in [0.2, 0.25) is 0 Å². The van der Waals surface area contributed by atoms with Gasteiger partial charge in [0.25, 0.3) is 5.16 Å². The van der Waals surface area contributed by atoms with Gasteiger partial charge < -0.3 is 14.9 Å². The largest absolute Gasteiger partial charge is 0.382 e. The third-order valence-corrected chi connectivity index (χ3v) is 2.93. The highest BCUT2D eigenvalue weighted by atomic mass is 32.2. The number of thioether (sulfide) groups is 1. The van der Waals surface area contributed by atoms with Crippen LogP contribution < -0.4 is 0 Å². The molecule has 7 heteroatoms. The van der Waals surface area contributed by atoms with Crippen LogP contribution in [0.25, 0.3) is 0 Å². The molecule has 0 N–H and O–H groups in total. The maximum Gasteiger partial charge on any atom is 0.382 e. The molecule has 2 heterocycles. The molecule has 1 aliphatic rings. The molecule has 1 atom stereocenters. The summed E-state index contributed by atoms with van der Waals surface area (Å²) in [5, 5.41) is 11.2. The van der Waals surface area contributed by atoms with Crippen molar-refractivity contribution >= 4 is 17.6 Å². The highest BCUT2D eigenvalue weighted by molar-refractivity contribution is 7.98. The van der Waals surface area contributed by atoms with Crippen molar-refractivity contribution in [2.45, 2.75) is 24.2 Å². The fraction of sp³-hybridized carbons (Fsp3) is 0.625. The Bertz CT molecular complexity index is 400. The number of nitrogens with zero attached hydrogens (tertiary/aromatic N) is 3. The second-order valence-corrected chi connectivity index (χ2v) is 4.48. The Labute approximate surface area is 90.8 Å². The van der Waals surface area contributed by atoms with Gasteiger partial charge in [0.2, 0.25) is 0 Å². The van der Waals surface area contributed by atoms with E-state index in [2.05, 4.69) is 4.98 Å². The molecule has 1 fully saturated rings. The first-order valence-electron chi connectivity index (χ1n) is 4.43. The fourth-order valence-corrected chi connectivity index (χ4v) is 1.86. The number of rotatable bonds is 4. The lowest BCUT2D eigenvalue weighted by Crippen LogP contribution is -2.15. The SMILES string of the molecule is CSc1nc([N+](=O)[O-])cn1CC1(C)CO1. The van der Waals surface area contributed by atoms with Crippen molar-refractivity contribution in [3.05, 3.63) is 16.3 Å². The summed E-state index contributed by atoms with van der Waals surface area (Å²) in [6.45, 7) is 3.29. The summed E-state index contributed by atoms with van der Waals surface area (Å²) in [6, 6.07) is 0. The van der Waals surface area contributed by atoms with Crippen molar-refractivity contribution in [2.24, 2.45) is 0 Å². The van der Waals surface area contributed by atoms with E-state index in [0.29, 0.717) is 18.3 Å². The Morgan fingerprint density at radius 1 is 1.87 bits per heavy atom. The van der Waals surface area contributed by atoms with Crippen molar-refractivity contribution in [1.29, 1.82) is 0 Å². The first kappa shape index (κ1) is 10.4. The minimum atomic E-state index is -0.480. The van der Waals surface area contributed by atoms with E-state index < -0.39 is 4.92 Å². The quantitative estimate of drug-likeness (QED) is 0.337. The van der Waals surface area contributed by atoms with Crippen LogP contribution in [-0.4, -0.2) is 32.9 Å². The van der Waals surface area contributed by atoms with Gasteiger partial charge in [-0.15, -0.1) is 0 Å². The zero-order valence-corrected chi connectivity index (χ0v) is 9.28. The highest BCUT2D eigenvalue weighted by Gasteiger charge is 2.40. The van der Waals surface area contributed by atoms with Crippen molar-refractivity contribution in [3.63, 3.8) is 0 Å². The van der Waals surface area contributed by atoms with Gasteiger partial charge in [-0.05, 0) is 23.1 Å². The molecule has 0 aromatic carbocycles. The van der Waals surface area contributed by atoms with E-state index in [4.69, 9.17) is 4.74 Å². The third-order valence-electron chi connectivity index (χ3n) is 2.24. The lowest BCUT2D eigenvalue weighted by Gasteiger charge is -2.05. The summed E-state index contributed by atoms with van der Waals surface area (Å²) in [5.74, 6) is -0.108. The van der Waals surface area contributed by atoms with E-state index in [0.717, 1.165) is 0 Å². The van der Waals surface area contributed by atoms with Crippen LogP contribution in [0.1, 0.15) is 6.92 Å². The fourth-order valence-electron chi connectivity index (χ4n) is 1.32. The molecule has 1 aromatic rings. The summed E-state index contributed by atoms with van der Waals surface area (Å²) in [7, 11) is 0. The summed E-state index contributed by atoms with van der Waals surface area (Å²) in [4.78, 5) is 14.0. The van der Waals surface area contributed by atoms with E-state index in [1.165, 1.54) is 18.0 Å². The number of hydrogen-bond donors (Lipinski definition) is 0. The lowest BCUT2D eigenvalue weighted by molar-refractivity contribution is -0.389. The number of ether oxygens (including phenoxy) is 1. The Kier molecular flexibility index (Phi) is 2.43. The molecule has 0 aliphatic carbocycles. The van der Waals surface area contributed by atoms with Gasteiger partial charge in [0, 0.05) is 0 Å². The molecule has 0 spiro atoms. The van der Waals surface area contributed by atoms with Crippen LogP contribution in [0.5, 0.6) is 0 Å². The van der Waals surface area contributed by atoms with Crippen LogP contribution >= 0.6 is 11.8 Å². The first-order valence-corrected chi connectivity index (χ1v) is 5.66. The van der Waals surface area contributed by atoms with E-state index in [1.54, 1.807) is 4.57 Å². The van der Waals surface area contributed by atoms with Crippen LogP contribution in [0.4, 0.5) is 5.82 Å². The Morgan fingerprint density at radius 3 is 3.00 bits per heavy atom. The van der Waals surface area contributed by atoms with E-state index in [1.807, 2.05) is 13.2 Å². The molecule has 1 aliphatic heterocycles. The minimum absolute atomic E-state index is 0.108. The standard InChI is InChI=1S/C8H11N3O3S/c1-8(5-14-8)4-10-3-6(11(12)13)9-7(10)15-2/h3H,4-5H2,1-2H3. The van der Waals surface area contributed by atoms with Gasteiger partial charge in [-0.3, -0.25) is 4.57 Å². The lowest BCUT2D eigenvalue weighted by atomic mass is 10.2. The molecule has 1 saturated heterocycles. The number of nitro groups is 1. The molecular weight excluding hydrogens is 218 g/mol. The van der Waals surface area contributed by atoms with Gasteiger partial charge in [0.1, 0.15) is 11.8 Å². The van der Waals surface area contributed by atoms with Crippen LogP contribution in [-0.2, 0) is 11.3 Å². The van der Waals surface area contributed by atoms with Crippen LogP contribution in [0.3, 0.4) is 0 Å². The van der Waals surface area contributed by atoms with Crippen LogP contribution in [0, 0.1) is 10.1 Å². The van der Waals surface area contributed by atoms with Crippen molar-refractivity contribution < 1.29 is 9.66 Å². The number of aromatic nitrogens is 2. The molecular formula is C8H11N3O3S. The van der Waals surface area contributed by atoms with Crippen molar-refractivity contribution in [3.8, 4) is 0 Å². The number of epoxide rings is 1. The van der Waals surface area contributed by atoms with E-state index >= 15 is 0 Å². The number of imidazole rings is 1. The summed E-state index contributed by atoms with van der Waals surface area (Å²) >= 11 is 1.39. The Hall–Kier alpha value is -1.08. The predicted molar refractivity (Wildman–Crippen MR) is 55.0 cm³/mol. The summed E-state index contributed by atoms with van der Waals surface area (Å²) in [5.41, 5.74) is -0.168. The van der Waals surface area contributed by atoms with Gasteiger partial charge in [-0.1, -0.05) is 11.8 Å². The molecule has 0 saturated carbocycles. The van der Waals surface area contributed by atoms with E-state index in [-0.39, 0.29) is 11.4 Å². The van der Waals surface area contributed by atoms with E-state index in [9.17, 15) is 10.1 Å². The second kappa shape index (κ2) is 3.49. The molecule has 1 aromatic heterocycles. The van der Waals surface area contributed by atoms with Gasteiger partial charge in [0.15, 0.2) is 0 Å². The first-order chi connectivity index (χ1) is 7.04. The average Bonchev–Trinajstić information content (AvgIpc) is 2.77. The third kappa shape index (κ3) is 2.13. The molecule has 15 heavy (non-hydrogen) atoms. The molecule has 0 radical (unpaired) electrons. The van der Waals surface area contributed by atoms with Crippen molar-refractivity contribution in [2.75, 3.05) is 12.9 Å². The molecule has 1 unspecified atom stereocenters. The maximum absolute atomic E-state index is 10.6. The van der Waals surface area contributed by atoms with Crippen molar-refractivity contribution in [1.82, 2.24) is 9.55 Å². The Morgan fingerprint density at radius 2 is 2.53 bits per heavy atom. The average molecular weight is 229 g/mol. The maximum atomic E-state index is 10.6. The second-order valence-electron chi connectivity index (χ2n) is 3.71. The van der Waals surface area contributed by atoms with Gasteiger partial charge in [-0.2, -0.15) is 0 Å². The van der Waals surface area contributed by atoms with Gasteiger partial charge in [-0.25, -0.2) is 0 Å². The Balaban J connectivity index is 2.24. The normalized spacial score (nSPS) is 24.1. The molecule has 0 amide bonds. The smallest absolute Gasteiger partial charge is 0.368 e. The van der Waals surface area contributed by atoms with Crippen LogP contribution in [0.15, 0.2) is 11.4 Å². The van der Waals surface area contributed by atoms with Gasteiger partial charge in [0.05, 0.1) is 13.2 Å². The van der Waals surface area contributed by atoms with Gasteiger partial charge >= 0.3 is 5.82 Å². The monoisotopic (exact) mass is 229 g/mol. The minimum Gasteiger partial charge on any atom is -0.368 e. The zero-order chi connectivity index (χ0) is 11.1. The number of hydrogen-bond acceptors (Lipinski definition) is 5. The molecule has 2 rings (SSSR count). The molecule has 82 valence electrons. The highest BCUT2D eigenvalue weighted by Crippen LogP contribution is 2.30. The molecule has 6 nitrogen and oxygen atoms in total. The summed E-state index contributed by atoms with van der Waals surface area (Å²) in [6.07, 6.45) is 3.30.